The van der Waals surface area contributed by atoms with Gasteiger partial charge in [-0.3, -0.25) is 9.35 Å². The van der Waals surface area contributed by atoms with E-state index in [1.54, 1.807) is 24.3 Å². The van der Waals surface area contributed by atoms with Crippen LogP contribution >= 0.6 is 0 Å². The number of nitrogens with one attached hydrogen (secondary N) is 1. The fourth-order valence-corrected chi connectivity index (χ4v) is 4.42. The van der Waals surface area contributed by atoms with E-state index in [1.165, 1.54) is 24.3 Å². The Balaban J connectivity index is 2.09. The van der Waals surface area contributed by atoms with Gasteiger partial charge in [-0.15, -0.1) is 0 Å². The Kier molecular flexibility index (Phi) is 5.45. The summed E-state index contributed by atoms with van der Waals surface area (Å²) in [5.74, 6) is -2.00. The first-order chi connectivity index (χ1) is 11.6. The van der Waals surface area contributed by atoms with Crippen LogP contribution in [-0.2, 0) is 20.0 Å². The lowest BCUT2D eigenvalue weighted by Crippen LogP contribution is -2.17. The summed E-state index contributed by atoms with van der Waals surface area (Å²) in [7, 11) is -8.23. The molecule has 0 fully saturated rings. The van der Waals surface area contributed by atoms with E-state index in [2.05, 4.69) is 5.32 Å². The molecule has 0 aromatic heterocycles. The van der Waals surface area contributed by atoms with Gasteiger partial charge >= 0.3 is 0 Å². The average molecular weight is 384 g/mol. The molecule has 0 atom stereocenters. The highest BCUT2D eigenvalue weighted by Crippen LogP contribution is 2.17. The summed E-state index contributed by atoms with van der Waals surface area (Å²) in [5.41, 5.74) is 6.83. The SMILES string of the molecule is Nc1ccc(C(=O)Nc2ccc(S(=O)(=O)CCS(=O)(=O)O)cc2)cc1. The zero-order chi connectivity index (χ0) is 18.7. The molecule has 0 aliphatic heterocycles. The van der Waals surface area contributed by atoms with Crippen molar-refractivity contribution in [3.05, 3.63) is 54.1 Å². The third-order valence-corrected chi connectivity index (χ3v) is 5.96. The highest BCUT2D eigenvalue weighted by Gasteiger charge is 2.18. The van der Waals surface area contributed by atoms with E-state index >= 15 is 0 Å². The third-order valence-electron chi connectivity index (χ3n) is 3.25. The van der Waals surface area contributed by atoms with Gasteiger partial charge in [-0.2, -0.15) is 8.42 Å². The minimum absolute atomic E-state index is 0.110. The second-order valence-corrected chi connectivity index (χ2v) is 8.89. The molecule has 10 heteroatoms. The predicted octanol–water partition coefficient (Wildman–Crippen LogP) is 1.18. The molecule has 0 saturated heterocycles. The number of carbonyl (C=O) groups excluding carboxylic acids is 1. The molecule has 0 aliphatic carbocycles. The Morgan fingerprint density at radius 2 is 1.48 bits per heavy atom. The molecule has 8 nitrogen and oxygen atoms in total. The number of sulfone groups is 1. The van der Waals surface area contributed by atoms with Crippen molar-refractivity contribution in [2.45, 2.75) is 4.90 Å². The van der Waals surface area contributed by atoms with Gasteiger partial charge in [0.25, 0.3) is 16.0 Å². The first-order valence-electron chi connectivity index (χ1n) is 7.02. The van der Waals surface area contributed by atoms with E-state index in [9.17, 15) is 21.6 Å². The number of amides is 1. The molecule has 4 N–H and O–H groups in total. The standard InChI is InChI=1S/C15H16N2O6S2/c16-12-3-1-11(2-4-12)15(18)17-13-5-7-14(8-6-13)24(19,20)9-10-25(21,22)23/h1-8H,9-10,16H2,(H,17,18)(H,21,22,23). The fourth-order valence-electron chi connectivity index (χ4n) is 1.92. The molecular formula is C15H16N2O6S2. The van der Waals surface area contributed by atoms with Gasteiger partial charge in [-0.1, -0.05) is 0 Å². The Hall–Kier alpha value is -2.43. The van der Waals surface area contributed by atoms with Gasteiger partial charge in [0.2, 0.25) is 0 Å². The van der Waals surface area contributed by atoms with Crippen molar-refractivity contribution in [1.29, 1.82) is 0 Å². The zero-order valence-electron chi connectivity index (χ0n) is 12.9. The van der Waals surface area contributed by atoms with Crippen LogP contribution in [0, 0.1) is 0 Å². The third kappa shape index (κ3) is 5.55. The number of benzene rings is 2. The molecule has 0 saturated carbocycles. The smallest absolute Gasteiger partial charge is 0.265 e. The molecule has 0 heterocycles. The van der Waals surface area contributed by atoms with E-state index < -0.39 is 31.5 Å². The normalized spacial score (nSPS) is 11.9. The van der Waals surface area contributed by atoms with Crippen molar-refractivity contribution in [2.24, 2.45) is 0 Å². The van der Waals surface area contributed by atoms with Crippen molar-refractivity contribution >= 4 is 37.2 Å². The maximum Gasteiger partial charge on any atom is 0.265 e. The molecule has 2 rings (SSSR count). The number of nitrogen functional groups attached to an aromatic ring is 1. The molecule has 25 heavy (non-hydrogen) atoms. The molecule has 1 amide bonds. The highest BCUT2D eigenvalue weighted by molar-refractivity contribution is 7.93. The minimum atomic E-state index is -4.37. The summed E-state index contributed by atoms with van der Waals surface area (Å²) in [6.45, 7) is 0. The van der Waals surface area contributed by atoms with Crippen molar-refractivity contribution in [3.63, 3.8) is 0 Å². The fraction of sp³-hybridized carbons (Fsp3) is 0.133. The van der Waals surface area contributed by atoms with Gasteiger partial charge in [-0.25, -0.2) is 8.42 Å². The Morgan fingerprint density at radius 3 is 2.00 bits per heavy atom. The number of carbonyl (C=O) groups is 1. The molecule has 134 valence electrons. The van der Waals surface area contributed by atoms with Crippen LogP contribution in [0.1, 0.15) is 10.4 Å². The Bertz CT molecular complexity index is 966. The van der Waals surface area contributed by atoms with Crippen molar-refractivity contribution < 1.29 is 26.2 Å². The second kappa shape index (κ2) is 7.21. The Morgan fingerprint density at radius 1 is 0.920 bits per heavy atom. The lowest BCUT2D eigenvalue weighted by atomic mass is 10.2. The van der Waals surface area contributed by atoms with Crippen LogP contribution in [0.25, 0.3) is 0 Å². The van der Waals surface area contributed by atoms with Gasteiger partial charge in [0.1, 0.15) is 0 Å². The molecular weight excluding hydrogens is 368 g/mol. The summed E-state index contributed by atoms with van der Waals surface area (Å²) >= 11 is 0. The van der Waals surface area contributed by atoms with E-state index in [0.29, 0.717) is 16.9 Å². The molecule has 0 spiro atoms. The first kappa shape index (κ1) is 18.9. The predicted molar refractivity (Wildman–Crippen MR) is 93.7 cm³/mol. The van der Waals surface area contributed by atoms with Gasteiger partial charge in [0.05, 0.1) is 16.4 Å². The van der Waals surface area contributed by atoms with Crippen molar-refractivity contribution in [1.82, 2.24) is 0 Å². The van der Waals surface area contributed by atoms with Gasteiger partial charge in [-0.05, 0) is 48.5 Å². The van der Waals surface area contributed by atoms with Crippen molar-refractivity contribution in [3.8, 4) is 0 Å². The topological polar surface area (TPSA) is 144 Å². The van der Waals surface area contributed by atoms with Crippen LogP contribution in [0.15, 0.2) is 53.4 Å². The zero-order valence-corrected chi connectivity index (χ0v) is 14.5. The monoisotopic (exact) mass is 384 g/mol. The van der Waals surface area contributed by atoms with Crippen molar-refractivity contribution in [2.75, 3.05) is 22.6 Å². The van der Waals surface area contributed by atoms with E-state index in [0.717, 1.165) is 0 Å². The lowest BCUT2D eigenvalue weighted by molar-refractivity contribution is 0.102. The minimum Gasteiger partial charge on any atom is -0.399 e. The number of hydrogen-bond acceptors (Lipinski definition) is 6. The van der Waals surface area contributed by atoms with Gasteiger partial charge in [0.15, 0.2) is 9.84 Å². The van der Waals surface area contributed by atoms with Crippen LogP contribution in [0.5, 0.6) is 0 Å². The summed E-state index contributed by atoms with van der Waals surface area (Å²) in [4.78, 5) is 11.9. The molecule has 0 bridgehead atoms. The second-order valence-electron chi connectivity index (χ2n) is 5.21. The summed E-state index contributed by atoms with van der Waals surface area (Å²) in [5, 5.41) is 2.60. The number of nitrogens with two attached hydrogens (primary N) is 1. The van der Waals surface area contributed by atoms with Crippen LogP contribution in [0.3, 0.4) is 0 Å². The lowest BCUT2D eigenvalue weighted by Gasteiger charge is -2.07. The summed E-state index contributed by atoms with van der Waals surface area (Å²) in [6.07, 6.45) is 0. The van der Waals surface area contributed by atoms with Crippen LogP contribution in [-0.4, -0.2) is 38.8 Å². The number of rotatable bonds is 6. The van der Waals surface area contributed by atoms with E-state index in [1.807, 2.05) is 0 Å². The summed E-state index contributed by atoms with van der Waals surface area (Å²) in [6, 6.07) is 11.5. The molecule has 0 aliphatic rings. The molecule has 0 unspecified atom stereocenters. The maximum atomic E-state index is 12.1. The van der Waals surface area contributed by atoms with E-state index in [4.69, 9.17) is 10.3 Å². The first-order valence-corrected chi connectivity index (χ1v) is 10.3. The largest absolute Gasteiger partial charge is 0.399 e. The molecule has 0 radical (unpaired) electrons. The van der Waals surface area contributed by atoms with Crippen LogP contribution < -0.4 is 11.1 Å². The Labute approximate surface area is 145 Å². The highest BCUT2D eigenvalue weighted by atomic mass is 32.2. The average Bonchev–Trinajstić information content (AvgIpc) is 2.53. The van der Waals surface area contributed by atoms with Gasteiger partial charge in [0, 0.05) is 16.9 Å². The molecule has 2 aromatic rings. The number of hydrogen-bond donors (Lipinski definition) is 3. The molecule has 2 aromatic carbocycles. The van der Waals surface area contributed by atoms with Crippen LogP contribution in [0.4, 0.5) is 11.4 Å². The van der Waals surface area contributed by atoms with Crippen LogP contribution in [0.2, 0.25) is 0 Å². The number of anilines is 2. The maximum absolute atomic E-state index is 12.1. The van der Waals surface area contributed by atoms with Gasteiger partial charge < -0.3 is 11.1 Å². The van der Waals surface area contributed by atoms with E-state index in [-0.39, 0.29) is 10.8 Å². The summed E-state index contributed by atoms with van der Waals surface area (Å²) < 4.78 is 54.0. The quantitative estimate of drug-likeness (QED) is 0.501.